The summed E-state index contributed by atoms with van der Waals surface area (Å²) in [7, 11) is 0. The van der Waals surface area contributed by atoms with Gasteiger partial charge in [-0.25, -0.2) is 4.79 Å². The lowest BCUT2D eigenvalue weighted by Gasteiger charge is -2.25. The molecule has 0 saturated heterocycles. The van der Waals surface area contributed by atoms with Crippen LogP contribution in [0.25, 0.3) is 17.5 Å². The molecule has 0 aliphatic carbocycles. The molecule has 35 heavy (non-hydrogen) atoms. The van der Waals surface area contributed by atoms with Gasteiger partial charge >= 0.3 is 5.97 Å². The fraction of sp³-hybridized carbons (Fsp3) is 0.125. The quantitative estimate of drug-likeness (QED) is 0.468. The number of fused-ring (bicyclic) bond motifs is 1. The van der Waals surface area contributed by atoms with Crippen LogP contribution < -0.4 is 20.5 Å². The fourth-order valence-corrected chi connectivity index (χ4v) is 5.87. The van der Waals surface area contributed by atoms with Crippen molar-refractivity contribution < 1.29 is 9.53 Å². The third kappa shape index (κ3) is 4.61. The molecule has 0 spiro atoms. The number of halogens is 4. The summed E-state index contributed by atoms with van der Waals surface area (Å²) in [4.78, 5) is 26.4. The van der Waals surface area contributed by atoms with Gasteiger partial charge < -0.3 is 10.5 Å². The number of hydrogen-bond acceptors (Lipinski definition) is 6. The maximum absolute atomic E-state index is 13.4. The SMILES string of the molecule is CCOC(=O)C1=C(N)n2c(s/c(=C\c3ccc(Cl)cc3Cl)c2=O)=C(C#N)[C@H]1c1ccc(Cl)cc1Cl. The molecule has 11 heteroatoms. The molecule has 0 unspecified atom stereocenters. The Kier molecular flexibility index (Phi) is 7.32. The molecule has 0 fully saturated rings. The third-order valence-electron chi connectivity index (χ3n) is 5.29. The predicted octanol–water partition coefficient (Wildman–Crippen LogP) is 4.51. The van der Waals surface area contributed by atoms with E-state index in [1.807, 2.05) is 0 Å². The van der Waals surface area contributed by atoms with E-state index in [0.29, 0.717) is 26.2 Å². The zero-order valence-electron chi connectivity index (χ0n) is 17.9. The van der Waals surface area contributed by atoms with E-state index in [1.54, 1.807) is 43.3 Å². The molecule has 3 aromatic rings. The van der Waals surface area contributed by atoms with Gasteiger partial charge in [0.1, 0.15) is 10.5 Å². The summed E-state index contributed by atoms with van der Waals surface area (Å²) in [5.41, 5.74) is 6.93. The van der Waals surface area contributed by atoms with Gasteiger partial charge in [-0.15, -0.1) is 11.3 Å². The minimum atomic E-state index is -0.964. The lowest BCUT2D eigenvalue weighted by Crippen LogP contribution is -2.40. The van der Waals surface area contributed by atoms with Crippen molar-refractivity contribution in [3.8, 4) is 6.07 Å². The number of thiazole rings is 1. The Morgan fingerprint density at radius 2 is 1.83 bits per heavy atom. The van der Waals surface area contributed by atoms with Gasteiger partial charge in [-0.05, 0) is 48.4 Å². The van der Waals surface area contributed by atoms with Crippen LogP contribution in [0.15, 0.2) is 46.8 Å². The predicted molar refractivity (Wildman–Crippen MR) is 140 cm³/mol. The summed E-state index contributed by atoms with van der Waals surface area (Å²) in [6, 6.07) is 11.7. The van der Waals surface area contributed by atoms with Gasteiger partial charge in [-0.2, -0.15) is 5.26 Å². The maximum Gasteiger partial charge on any atom is 0.338 e. The third-order valence-corrected chi connectivity index (χ3v) is 7.52. The van der Waals surface area contributed by atoms with Crippen LogP contribution in [0.5, 0.6) is 0 Å². The highest BCUT2D eigenvalue weighted by molar-refractivity contribution is 7.07. The van der Waals surface area contributed by atoms with Crippen LogP contribution >= 0.6 is 57.7 Å². The summed E-state index contributed by atoms with van der Waals surface area (Å²) < 4.78 is 6.90. The fourth-order valence-electron chi connectivity index (χ4n) is 3.77. The lowest BCUT2D eigenvalue weighted by molar-refractivity contribution is -0.138. The summed E-state index contributed by atoms with van der Waals surface area (Å²) in [6.07, 6.45) is 1.58. The Labute approximate surface area is 223 Å². The standard InChI is InChI=1S/C24H15Cl4N3O3S/c1-2-34-24(33)20-19(14-6-5-13(26)9-17(14)28)15(10-29)23-31(21(20)30)22(32)18(35-23)7-11-3-4-12(25)8-16(11)27/h3-9,19H,2,30H2,1H3/b18-7-/t19-/m1/s1. The van der Waals surface area contributed by atoms with Crippen LogP contribution in [-0.4, -0.2) is 17.1 Å². The Hall–Kier alpha value is -2.73. The Bertz CT molecular complexity index is 1630. The summed E-state index contributed by atoms with van der Waals surface area (Å²) in [6.45, 7) is 1.71. The zero-order chi connectivity index (χ0) is 25.4. The second-order valence-electron chi connectivity index (χ2n) is 7.37. The Balaban J connectivity index is 2.09. The van der Waals surface area contributed by atoms with Crippen molar-refractivity contribution in [3.63, 3.8) is 0 Å². The smallest absolute Gasteiger partial charge is 0.338 e. The minimum Gasteiger partial charge on any atom is -0.463 e. The summed E-state index contributed by atoms with van der Waals surface area (Å²) >= 11 is 25.8. The molecule has 2 N–H and O–H groups in total. The number of nitriles is 1. The minimum absolute atomic E-state index is 0.0592. The molecule has 0 radical (unpaired) electrons. The average molecular weight is 567 g/mol. The van der Waals surface area contributed by atoms with Gasteiger partial charge in [0.15, 0.2) is 0 Å². The molecule has 1 aliphatic heterocycles. The highest BCUT2D eigenvalue weighted by Crippen LogP contribution is 2.40. The van der Waals surface area contributed by atoms with Gasteiger partial charge in [-0.1, -0.05) is 58.5 Å². The van der Waals surface area contributed by atoms with Crippen molar-refractivity contribution in [2.24, 2.45) is 5.73 Å². The van der Waals surface area contributed by atoms with E-state index in [0.717, 1.165) is 15.9 Å². The lowest BCUT2D eigenvalue weighted by atomic mass is 9.83. The van der Waals surface area contributed by atoms with Crippen LogP contribution in [0.4, 0.5) is 0 Å². The number of hydrogen-bond donors (Lipinski definition) is 1. The second kappa shape index (κ2) is 10.1. The van der Waals surface area contributed by atoms with Gasteiger partial charge in [0.05, 0.1) is 34.3 Å². The largest absolute Gasteiger partial charge is 0.463 e. The number of rotatable bonds is 4. The highest BCUT2D eigenvalue weighted by atomic mass is 35.5. The van der Waals surface area contributed by atoms with Crippen molar-refractivity contribution in [1.29, 1.82) is 5.26 Å². The van der Waals surface area contributed by atoms with Gasteiger partial charge in [0, 0.05) is 20.1 Å². The maximum atomic E-state index is 13.4. The van der Waals surface area contributed by atoms with E-state index in [2.05, 4.69) is 6.07 Å². The molecule has 0 amide bonds. The van der Waals surface area contributed by atoms with E-state index in [1.165, 1.54) is 6.07 Å². The molecular formula is C24H15Cl4N3O3S. The van der Waals surface area contributed by atoms with Crippen LogP contribution in [0.2, 0.25) is 20.1 Å². The molecule has 1 aromatic heterocycles. The number of ether oxygens (including phenoxy) is 1. The zero-order valence-corrected chi connectivity index (χ0v) is 21.8. The van der Waals surface area contributed by atoms with Crippen LogP contribution in [-0.2, 0) is 9.53 Å². The molecule has 0 bridgehead atoms. The monoisotopic (exact) mass is 565 g/mol. The number of nitrogens with two attached hydrogens (primary N) is 1. The van der Waals surface area contributed by atoms with Crippen LogP contribution in [0.3, 0.4) is 0 Å². The van der Waals surface area contributed by atoms with Crippen molar-refractivity contribution in [3.05, 3.63) is 92.7 Å². The Morgan fingerprint density at radius 1 is 1.17 bits per heavy atom. The topological polar surface area (TPSA) is 98.1 Å². The van der Waals surface area contributed by atoms with Gasteiger partial charge in [0.2, 0.25) is 0 Å². The molecule has 2 heterocycles. The first-order valence-electron chi connectivity index (χ1n) is 10.1. The van der Waals surface area contributed by atoms with E-state index in [4.69, 9.17) is 56.9 Å². The number of benzene rings is 2. The van der Waals surface area contributed by atoms with Gasteiger partial charge in [0.25, 0.3) is 5.56 Å². The number of carbonyl (C=O) groups is 1. The number of nitrogens with zero attached hydrogens (tertiary/aromatic N) is 2. The van der Waals surface area contributed by atoms with Gasteiger partial charge in [-0.3, -0.25) is 9.36 Å². The van der Waals surface area contributed by atoms with Crippen LogP contribution in [0, 0.1) is 11.3 Å². The van der Waals surface area contributed by atoms with E-state index in [9.17, 15) is 14.9 Å². The molecule has 178 valence electrons. The molecule has 1 aliphatic rings. The number of carbonyl (C=O) groups excluding carboxylic acids is 1. The first-order chi connectivity index (χ1) is 16.7. The molecule has 6 nitrogen and oxygen atoms in total. The van der Waals surface area contributed by atoms with Crippen molar-refractivity contribution in [1.82, 2.24) is 4.57 Å². The normalized spacial score (nSPS) is 15.7. The highest BCUT2D eigenvalue weighted by Gasteiger charge is 2.37. The summed E-state index contributed by atoms with van der Waals surface area (Å²) in [5, 5.41) is 11.6. The average Bonchev–Trinajstić information content (AvgIpc) is 3.12. The molecule has 2 aromatic carbocycles. The number of aromatic nitrogens is 1. The second-order valence-corrected chi connectivity index (χ2v) is 10.1. The first kappa shape index (κ1) is 25.4. The van der Waals surface area contributed by atoms with Crippen LogP contribution in [0.1, 0.15) is 24.0 Å². The molecular weight excluding hydrogens is 552 g/mol. The molecule has 0 saturated carbocycles. The van der Waals surface area contributed by atoms with E-state index < -0.39 is 17.4 Å². The van der Waals surface area contributed by atoms with E-state index in [-0.39, 0.29) is 37.8 Å². The summed E-state index contributed by atoms with van der Waals surface area (Å²) in [5.74, 6) is -1.87. The molecule has 4 rings (SSSR count). The van der Waals surface area contributed by atoms with Crippen molar-refractivity contribution in [2.75, 3.05) is 6.61 Å². The Morgan fingerprint density at radius 3 is 2.43 bits per heavy atom. The first-order valence-corrected chi connectivity index (χ1v) is 12.5. The number of esters is 1. The molecule has 1 atom stereocenters. The van der Waals surface area contributed by atoms with E-state index >= 15 is 0 Å². The van der Waals surface area contributed by atoms with Crippen molar-refractivity contribution in [2.45, 2.75) is 12.8 Å². The van der Waals surface area contributed by atoms with Crippen molar-refractivity contribution >= 4 is 81.2 Å².